The van der Waals surface area contributed by atoms with Gasteiger partial charge in [0.05, 0.1) is 11.1 Å². The molecular weight excluding hydrogens is 464 g/mol. The summed E-state index contributed by atoms with van der Waals surface area (Å²) in [5.41, 5.74) is 1.97. The summed E-state index contributed by atoms with van der Waals surface area (Å²) in [6, 6.07) is 10.7. The molecule has 31 heavy (non-hydrogen) atoms. The molecule has 1 aliphatic heterocycles. The second kappa shape index (κ2) is 9.43. The first-order chi connectivity index (χ1) is 14.7. The zero-order valence-electron chi connectivity index (χ0n) is 17.5. The maximum absolute atomic E-state index is 12.8. The number of hydrogen-bond donors (Lipinski definition) is 1. The first-order valence-corrected chi connectivity index (χ1v) is 10.7. The number of amides is 3. The highest BCUT2D eigenvalue weighted by Gasteiger charge is 2.43. The maximum Gasteiger partial charge on any atom is 0.329 e. The molecule has 0 radical (unpaired) electrons. The van der Waals surface area contributed by atoms with E-state index in [1.165, 1.54) is 0 Å². The van der Waals surface area contributed by atoms with Crippen LogP contribution < -0.4 is 5.32 Å². The number of hydrogen-bond acceptors (Lipinski definition) is 5. The number of anilines is 1. The molecule has 1 atom stereocenters. The first kappa shape index (κ1) is 22.7. The summed E-state index contributed by atoms with van der Waals surface area (Å²) >= 11 is 3.36. The van der Waals surface area contributed by atoms with Crippen molar-refractivity contribution in [3.8, 4) is 0 Å². The third-order valence-electron chi connectivity index (χ3n) is 4.91. The van der Waals surface area contributed by atoms with Crippen molar-refractivity contribution in [2.75, 3.05) is 11.9 Å². The van der Waals surface area contributed by atoms with E-state index in [0.717, 1.165) is 14.9 Å². The standard InChI is InChI=1S/C23H23BrN2O5/c1-13(2)10-19(26-21(28)16-6-4-5-7-17(16)22(26)29)23(30)31-12-20(27)25-18-9-8-15(24)11-14(18)3/h4-9,11,13,19H,10,12H2,1-3H3,(H,25,27)/t19-/m1/s1. The fraction of sp³-hybridized carbons (Fsp3) is 0.304. The van der Waals surface area contributed by atoms with Crippen LogP contribution in [0.3, 0.4) is 0 Å². The molecule has 162 valence electrons. The molecule has 0 aliphatic carbocycles. The van der Waals surface area contributed by atoms with Crippen molar-refractivity contribution in [1.82, 2.24) is 4.90 Å². The molecule has 1 aliphatic rings. The number of rotatable bonds is 7. The van der Waals surface area contributed by atoms with Gasteiger partial charge < -0.3 is 10.1 Å². The van der Waals surface area contributed by atoms with E-state index in [4.69, 9.17) is 4.74 Å². The molecular formula is C23H23BrN2O5. The lowest BCUT2D eigenvalue weighted by molar-refractivity contribution is -0.151. The number of halogens is 1. The van der Waals surface area contributed by atoms with Gasteiger partial charge in [-0.05, 0) is 55.2 Å². The van der Waals surface area contributed by atoms with Gasteiger partial charge in [0.2, 0.25) is 0 Å². The molecule has 0 saturated heterocycles. The van der Waals surface area contributed by atoms with E-state index in [1.807, 2.05) is 26.8 Å². The molecule has 7 nitrogen and oxygen atoms in total. The molecule has 8 heteroatoms. The van der Waals surface area contributed by atoms with Gasteiger partial charge >= 0.3 is 5.97 Å². The number of esters is 1. The zero-order valence-corrected chi connectivity index (χ0v) is 19.1. The van der Waals surface area contributed by atoms with E-state index in [0.29, 0.717) is 5.69 Å². The molecule has 1 N–H and O–H groups in total. The number of aryl methyl sites for hydroxylation is 1. The summed E-state index contributed by atoms with van der Waals surface area (Å²) in [7, 11) is 0. The van der Waals surface area contributed by atoms with Gasteiger partial charge in [0.15, 0.2) is 6.61 Å². The van der Waals surface area contributed by atoms with Gasteiger partial charge in [0.1, 0.15) is 6.04 Å². The van der Waals surface area contributed by atoms with E-state index in [9.17, 15) is 19.2 Å². The van der Waals surface area contributed by atoms with Gasteiger partial charge in [-0.1, -0.05) is 41.9 Å². The van der Waals surface area contributed by atoms with E-state index in [-0.39, 0.29) is 23.5 Å². The highest BCUT2D eigenvalue weighted by molar-refractivity contribution is 9.10. The summed E-state index contributed by atoms with van der Waals surface area (Å²) in [5, 5.41) is 2.69. The normalized spacial score (nSPS) is 13.9. The molecule has 2 aromatic carbocycles. The van der Waals surface area contributed by atoms with E-state index < -0.39 is 36.3 Å². The fourth-order valence-electron chi connectivity index (χ4n) is 3.43. The Balaban J connectivity index is 1.70. The predicted octanol–water partition coefficient (Wildman–Crippen LogP) is 3.95. The number of carbonyl (C=O) groups is 4. The Morgan fingerprint density at radius 2 is 1.68 bits per heavy atom. The van der Waals surface area contributed by atoms with Crippen LogP contribution in [0.1, 0.15) is 46.5 Å². The third-order valence-corrected chi connectivity index (χ3v) is 5.41. The summed E-state index contributed by atoms with van der Waals surface area (Å²) in [6.45, 7) is 5.07. The van der Waals surface area contributed by atoms with Gasteiger partial charge in [0, 0.05) is 10.2 Å². The number of ether oxygens (including phenoxy) is 1. The van der Waals surface area contributed by atoms with Crippen molar-refractivity contribution in [3.63, 3.8) is 0 Å². The molecule has 3 rings (SSSR count). The van der Waals surface area contributed by atoms with Gasteiger partial charge in [-0.2, -0.15) is 0 Å². The number of carbonyl (C=O) groups excluding carboxylic acids is 4. The molecule has 1 heterocycles. The van der Waals surface area contributed by atoms with Crippen LogP contribution in [0.15, 0.2) is 46.9 Å². The Labute approximate surface area is 188 Å². The SMILES string of the molecule is Cc1cc(Br)ccc1NC(=O)COC(=O)[C@@H](CC(C)C)N1C(=O)c2ccccc2C1=O. The largest absolute Gasteiger partial charge is 0.454 e. The highest BCUT2D eigenvalue weighted by atomic mass is 79.9. The molecule has 0 saturated carbocycles. The fourth-order valence-corrected chi connectivity index (χ4v) is 3.91. The van der Waals surface area contributed by atoms with Crippen molar-refractivity contribution >= 4 is 45.3 Å². The van der Waals surface area contributed by atoms with Crippen molar-refractivity contribution < 1.29 is 23.9 Å². The minimum Gasteiger partial charge on any atom is -0.454 e. The quantitative estimate of drug-likeness (QED) is 0.472. The lowest BCUT2D eigenvalue weighted by Crippen LogP contribution is -2.46. The van der Waals surface area contributed by atoms with E-state index in [1.54, 1.807) is 36.4 Å². The number of nitrogens with zero attached hydrogens (tertiary/aromatic N) is 1. The minimum atomic E-state index is -1.10. The molecule has 2 aromatic rings. The average Bonchev–Trinajstić information content (AvgIpc) is 2.97. The Hall–Kier alpha value is -3.00. The summed E-state index contributed by atoms with van der Waals surface area (Å²) in [5.74, 6) is -2.34. The second-order valence-electron chi connectivity index (χ2n) is 7.79. The Bertz CT molecular complexity index is 1020. The van der Waals surface area contributed by atoms with Crippen molar-refractivity contribution in [3.05, 3.63) is 63.6 Å². The van der Waals surface area contributed by atoms with Gasteiger partial charge in [0.25, 0.3) is 17.7 Å². The maximum atomic E-state index is 12.8. The van der Waals surface area contributed by atoms with Crippen LogP contribution in [0.4, 0.5) is 5.69 Å². The lowest BCUT2D eigenvalue weighted by Gasteiger charge is -2.25. The van der Waals surface area contributed by atoms with Crippen LogP contribution in [-0.4, -0.2) is 41.2 Å². The molecule has 3 amide bonds. The number of imide groups is 1. The number of nitrogens with one attached hydrogen (secondary N) is 1. The second-order valence-corrected chi connectivity index (χ2v) is 8.70. The van der Waals surface area contributed by atoms with Crippen LogP contribution in [0.25, 0.3) is 0 Å². The first-order valence-electron chi connectivity index (χ1n) is 9.88. The van der Waals surface area contributed by atoms with Crippen LogP contribution in [0.2, 0.25) is 0 Å². The molecule has 0 bridgehead atoms. The summed E-state index contributed by atoms with van der Waals surface area (Å²) in [4.78, 5) is 51.6. The monoisotopic (exact) mass is 486 g/mol. The Kier molecular flexibility index (Phi) is 6.90. The van der Waals surface area contributed by atoms with Crippen LogP contribution >= 0.6 is 15.9 Å². The number of benzene rings is 2. The number of fused-ring (bicyclic) bond motifs is 1. The average molecular weight is 487 g/mol. The summed E-state index contributed by atoms with van der Waals surface area (Å²) < 4.78 is 6.09. The Morgan fingerprint density at radius 1 is 1.06 bits per heavy atom. The van der Waals surface area contributed by atoms with Crippen molar-refractivity contribution in [2.24, 2.45) is 5.92 Å². The topological polar surface area (TPSA) is 92.8 Å². The van der Waals surface area contributed by atoms with Gasteiger partial charge in [-0.25, -0.2) is 4.79 Å². The van der Waals surface area contributed by atoms with Gasteiger partial charge in [-0.3, -0.25) is 19.3 Å². The summed E-state index contributed by atoms with van der Waals surface area (Å²) in [6.07, 6.45) is 0.234. The molecule has 0 aromatic heterocycles. The van der Waals surface area contributed by atoms with Crippen LogP contribution in [0.5, 0.6) is 0 Å². The van der Waals surface area contributed by atoms with Crippen LogP contribution in [-0.2, 0) is 14.3 Å². The van der Waals surface area contributed by atoms with E-state index in [2.05, 4.69) is 21.2 Å². The zero-order chi connectivity index (χ0) is 22.7. The Morgan fingerprint density at radius 3 is 2.23 bits per heavy atom. The lowest BCUT2D eigenvalue weighted by atomic mass is 10.0. The predicted molar refractivity (Wildman–Crippen MR) is 119 cm³/mol. The molecule has 0 fully saturated rings. The van der Waals surface area contributed by atoms with Crippen molar-refractivity contribution in [2.45, 2.75) is 33.2 Å². The highest BCUT2D eigenvalue weighted by Crippen LogP contribution is 2.27. The third kappa shape index (κ3) is 5.02. The van der Waals surface area contributed by atoms with E-state index >= 15 is 0 Å². The molecule has 0 unspecified atom stereocenters. The van der Waals surface area contributed by atoms with Gasteiger partial charge in [-0.15, -0.1) is 0 Å². The smallest absolute Gasteiger partial charge is 0.329 e. The van der Waals surface area contributed by atoms with Crippen molar-refractivity contribution in [1.29, 1.82) is 0 Å². The minimum absolute atomic E-state index is 0.0149. The van der Waals surface area contributed by atoms with Crippen LogP contribution in [0, 0.1) is 12.8 Å². The molecule has 0 spiro atoms.